The molecule has 1 aromatic heterocycles. The largest absolute Gasteiger partial charge is 0.478 e. The molecule has 2 heterocycles. The highest BCUT2D eigenvalue weighted by atomic mass is 32.1. The maximum Gasteiger partial charge on any atom is 0.328 e. The van der Waals surface area contributed by atoms with Crippen molar-refractivity contribution in [1.29, 1.82) is 0 Å². The predicted molar refractivity (Wildman–Crippen MR) is 95.5 cm³/mol. The summed E-state index contributed by atoms with van der Waals surface area (Å²) < 4.78 is 0. The van der Waals surface area contributed by atoms with Crippen LogP contribution < -0.4 is 0 Å². The first kappa shape index (κ1) is 15.8. The second-order valence-electron chi connectivity index (χ2n) is 6.10. The Hall–Kier alpha value is -2.73. The van der Waals surface area contributed by atoms with Gasteiger partial charge in [0.15, 0.2) is 0 Å². The van der Waals surface area contributed by atoms with Gasteiger partial charge in [0.25, 0.3) is 5.91 Å². The summed E-state index contributed by atoms with van der Waals surface area (Å²) in [6.07, 6.45) is 3.82. The summed E-state index contributed by atoms with van der Waals surface area (Å²) in [5, 5.41) is 16.9. The van der Waals surface area contributed by atoms with Crippen molar-refractivity contribution in [2.75, 3.05) is 0 Å². The number of amides is 1. The van der Waals surface area contributed by atoms with Crippen LogP contribution >= 0.6 is 11.3 Å². The van der Waals surface area contributed by atoms with Gasteiger partial charge in [0.2, 0.25) is 0 Å². The van der Waals surface area contributed by atoms with Gasteiger partial charge in [-0.3, -0.25) is 4.79 Å². The first-order valence-electron chi connectivity index (χ1n) is 8.09. The van der Waals surface area contributed by atoms with Gasteiger partial charge in [-0.05, 0) is 29.9 Å². The Balaban J connectivity index is 1.77. The molecular weight excluding hydrogens is 336 g/mol. The highest BCUT2D eigenvalue weighted by molar-refractivity contribution is 7.10. The van der Waals surface area contributed by atoms with E-state index in [-0.39, 0.29) is 12.0 Å². The normalized spacial score (nSPS) is 21.8. The fourth-order valence-corrected chi connectivity index (χ4v) is 4.48. The average molecular weight is 352 g/mol. The Morgan fingerprint density at radius 3 is 2.80 bits per heavy atom. The van der Waals surface area contributed by atoms with Gasteiger partial charge >= 0.3 is 5.97 Å². The number of hydrogen-bond donors (Lipinski definition) is 1. The van der Waals surface area contributed by atoms with Crippen molar-refractivity contribution in [3.8, 4) is 0 Å². The molecule has 0 bridgehead atoms. The summed E-state index contributed by atoms with van der Waals surface area (Å²) in [5.41, 5.74) is 3.27. The maximum absolute atomic E-state index is 12.6. The number of carbonyl (C=O) groups is 2. The number of fused-ring (bicyclic) bond motifs is 3. The molecule has 0 saturated carbocycles. The average Bonchev–Trinajstić information content (AvgIpc) is 3.26. The van der Waals surface area contributed by atoms with Crippen molar-refractivity contribution >= 4 is 28.9 Å². The molecule has 1 amide bonds. The van der Waals surface area contributed by atoms with Gasteiger partial charge in [0, 0.05) is 28.5 Å². The molecule has 0 spiro atoms. The number of aryl methyl sites for hydroxylation is 1. The third kappa shape index (κ3) is 2.78. The molecule has 1 N–H and O–H groups in total. The first-order chi connectivity index (χ1) is 12.1. The van der Waals surface area contributed by atoms with E-state index in [1.54, 1.807) is 11.3 Å². The number of benzene rings is 1. The molecule has 0 radical (unpaired) electrons. The molecule has 1 aliphatic heterocycles. The van der Waals surface area contributed by atoms with Crippen molar-refractivity contribution in [3.63, 3.8) is 0 Å². The summed E-state index contributed by atoms with van der Waals surface area (Å²) in [4.78, 5) is 24.4. The number of hydrogen-bond acceptors (Lipinski definition) is 4. The molecule has 5 nitrogen and oxygen atoms in total. The van der Waals surface area contributed by atoms with Gasteiger partial charge in [-0.25, -0.2) is 9.80 Å². The fraction of sp³-hybridized carbons (Fsp3) is 0.211. The molecule has 2 atom stereocenters. The van der Waals surface area contributed by atoms with Crippen LogP contribution in [0.3, 0.4) is 0 Å². The molecule has 25 heavy (non-hydrogen) atoms. The van der Waals surface area contributed by atoms with E-state index in [2.05, 4.69) is 11.2 Å². The number of carbonyl (C=O) groups excluding carboxylic acids is 1. The number of carboxylic acid groups (broad SMARTS) is 1. The van der Waals surface area contributed by atoms with Crippen LogP contribution in [0.2, 0.25) is 0 Å². The molecule has 126 valence electrons. The third-order valence-electron chi connectivity index (χ3n) is 4.66. The molecular formula is C19H16N2O3S. The minimum Gasteiger partial charge on any atom is -0.478 e. The van der Waals surface area contributed by atoms with Crippen LogP contribution in [-0.2, 0) is 16.0 Å². The highest BCUT2D eigenvalue weighted by Gasteiger charge is 2.43. The van der Waals surface area contributed by atoms with Crippen molar-refractivity contribution in [3.05, 3.63) is 69.9 Å². The number of nitrogens with zero attached hydrogens (tertiary/aromatic N) is 2. The lowest BCUT2D eigenvalue weighted by molar-refractivity contribution is -0.132. The quantitative estimate of drug-likeness (QED) is 0.862. The van der Waals surface area contributed by atoms with E-state index in [1.807, 2.05) is 35.7 Å². The van der Waals surface area contributed by atoms with Crippen LogP contribution in [0.15, 0.2) is 59.0 Å². The van der Waals surface area contributed by atoms with E-state index < -0.39 is 11.9 Å². The molecule has 1 aromatic carbocycles. The van der Waals surface area contributed by atoms with E-state index in [0.717, 1.165) is 41.1 Å². The molecule has 2 aliphatic rings. The van der Waals surface area contributed by atoms with Gasteiger partial charge in [0.1, 0.15) is 0 Å². The summed E-state index contributed by atoms with van der Waals surface area (Å²) in [6, 6.07) is 12.0. The number of carboxylic acids is 1. The lowest BCUT2D eigenvalue weighted by Gasteiger charge is -2.28. The lowest BCUT2D eigenvalue weighted by Crippen LogP contribution is -2.31. The zero-order chi connectivity index (χ0) is 17.4. The SMILES string of the molecule is O=C(O)/C=C\C(=O)N1N=C2c3ccccc3CCC2C1c1cccs1. The minimum absolute atomic E-state index is 0.135. The van der Waals surface area contributed by atoms with E-state index >= 15 is 0 Å². The standard InChI is InChI=1S/C19H16N2O3S/c22-16(9-10-17(23)24)21-19(15-6-3-11-25-15)14-8-7-12-4-1-2-5-13(12)18(14)20-21/h1-6,9-11,14,19H,7-8H2,(H,23,24)/b10-9-. The Morgan fingerprint density at radius 2 is 2.04 bits per heavy atom. The molecule has 2 aromatic rings. The van der Waals surface area contributed by atoms with Crippen molar-refractivity contribution in [1.82, 2.24) is 5.01 Å². The van der Waals surface area contributed by atoms with E-state index in [1.165, 1.54) is 10.6 Å². The van der Waals surface area contributed by atoms with E-state index in [4.69, 9.17) is 5.11 Å². The summed E-state index contributed by atoms with van der Waals surface area (Å²) in [7, 11) is 0. The van der Waals surface area contributed by atoms with Crippen molar-refractivity contribution in [2.24, 2.45) is 11.0 Å². The number of rotatable bonds is 3. The minimum atomic E-state index is -1.14. The van der Waals surface area contributed by atoms with Gasteiger partial charge in [-0.2, -0.15) is 5.10 Å². The Morgan fingerprint density at radius 1 is 1.20 bits per heavy atom. The molecule has 0 fully saturated rings. The van der Waals surface area contributed by atoms with Crippen molar-refractivity contribution in [2.45, 2.75) is 18.9 Å². The Labute approximate surface area is 148 Å². The number of thiophene rings is 1. The smallest absolute Gasteiger partial charge is 0.328 e. The van der Waals surface area contributed by atoms with E-state index in [0.29, 0.717) is 0 Å². The Bertz CT molecular complexity index is 886. The molecule has 2 unspecified atom stereocenters. The molecule has 1 aliphatic carbocycles. The topological polar surface area (TPSA) is 70.0 Å². The summed E-state index contributed by atoms with van der Waals surface area (Å²) >= 11 is 1.60. The van der Waals surface area contributed by atoms with Gasteiger partial charge < -0.3 is 5.11 Å². The first-order valence-corrected chi connectivity index (χ1v) is 8.97. The zero-order valence-electron chi connectivity index (χ0n) is 13.3. The summed E-state index contributed by atoms with van der Waals surface area (Å²) in [5.74, 6) is -1.41. The van der Waals surface area contributed by atoms with Crippen LogP contribution in [0.5, 0.6) is 0 Å². The zero-order valence-corrected chi connectivity index (χ0v) is 14.1. The monoisotopic (exact) mass is 352 g/mol. The molecule has 0 saturated heterocycles. The second kappa shape index (κ2) is 6.29. The van der Waals surface area contributed by atoms with Gasteiger partial charge in [-0.15, -0.1) is 11.3 Å². The van der Waals surface area contributed by atoms with Crippen LogP contribution in [0.1, 0.15) is 28.5 Å². The fourth-order valence-electron chi connectivity index (χ4n) is 3.60. The van der Waals surface area contributed by atoms with Crippen LogP contribution in [0, 0.1) is 5.92 Å². The van der Waals surface area contributed by atoms with E-state index in [9.17, 15) is 9.59 Å². The second-order valence-corrected chi connectivity index (χ2v) is 7.08. The van der Waals surface area contributed by atoms with Crippen LogP contribution in [-0.4, -0.2) is 27.7 Å². The third-order valence-corrected chi connectivity index (χ3v) is 5.60. The van der Waals surface area contributed by atoms with Gasteiger partial charge in [0.05, 0.1) is 11.8 Å². The Kier molecular flexibility index (Phi) is 3.97. The number of aliphatic carboxylic acids is 1. The number of hydrazone groups is 1. The van der Waals surface area contributed by atoms with Crippen LogP contribution in [0.4, 0.5) is 0 Å². The summed E-state index contributed by atoms with van der Waals surface area (Å²) in [6.45, 7) is 0. The predicted octanol–water partition coefficient (Wildman–Crippen LogP) is 3.24. The van der Waals surface area contributed by atoms with Crippen LogP contribution in [0.25, 0.3) is 0 Å². The highest BCUT2D eigenvalue weighted by Crippen LogP contribution is 2.44. The molecule has 6 heteroatoms. The lowest BCUT2D eigenvalue weighted by atomic mass is 9.79. The maximum atomic E-state index is 12.6. The van der Waals surface area contributed by atoms with Crippen molar-refractivity contribution < 1.29 is 14.7 Å². The molecule has 4 rings (SSSR count). The van der Waals surface area contributed by atoms with Gasteiger partial charge in [-0.1, -0.05) is 30.3 Å².